The standard InChI is InChI=1S/C16H11ClF3N3O2S/c1-2-25-15(24)9-6-26-14-12(9)13(21-7-22-14)23-11-4-3-8(17)5-10(11)16(18,19)20/h3-7H,2H2,1H3,(H,21,22,23). The lowest BCUT2D eigenvalue weighted by Gasteiger charge is -2.15. The highest BCUT2D eigenvalue weighted by molar-refractivity contribution is 7.17. The fourth-order valence-electron chi connectivity index (χ4n) is 2.32. The molecule has 0 bridgehead atoms. The van der Waals surface area contributed by atoms with E-state index in [2.05, 4.69) is 15.3 Å². The van der Waals surface area contributed by atoms with Gasteiger partial charge in [0.25, 0.3) is 0 Å². The van der Waals surface area contributed by atoms with Gasteiger partial charge in [-0.25, -0.2) is 14.8 Å². The van der Waals surface area contributed by atoms with Crippen LogP contribution in [0.1, 0.15) is 22.8 Å². The van der Waals surface area contributed by atoms with E-state index in [0.717, 1.165) is 6.07 Å². The summed E-state index contributed by atoms with van der Waals surface area (Å²) in [7, 11) is 0. The SMILES string of the molecule is CCOC(=O)c1csc2ncnc(Nc3ccc(Cl)cc3C(F)(F)F)c12. The van der Waals surface area contributed by atoms with Gasteiger partial charge >= 0.3 is 12.1 Å². The van der Waals surface area contributed by atoms with Gasteiger partial charge in [0.15, 0.2) is 0 Å². The topological polar surface area (TPSA) is 64.1 Å². The lowest BCUT2D eigenvalue weighted by atomic mass is 10.1. The third-order valence-electron chi connectivity index (χ3n) is 3.41. The molecule has 2 heterocycles. The Balaban J connectivity index is 2.11. The van der Waals surface area contributed by atoms with Gasteiger partial charge in [-0.15, -0.1) is 11.3 Å². The van der Waals surface area contributed by atoms with E-state index in [0.29, 0.717) is 10.2 Å². The van der Waals surface area contributed by atoms with Crippen LogP contribution in [0.25, 0.3) is 10.2 Å². The minimum atomic E-state index is -4.61. The van der Waals surface area contributed by atoms with Gasteiger partial charge in [0.2, 0.25) is 0 Å². The van der Waals surface area contributed by atoms with Crippen LogP contribution in [0.3, 0.4) is 0 Å². The van der Waals surface area contributed by atoms with E-state index < -0.39 is 17.7 Å². The molecule has 0 unspecified atom stereocenters. The average molecular weight is 402 g/mol. The van der Waals surface area contributed by atoms with Gasteiger partial charge in [0.1, 0.15) is 17.0 Å². The first kappa shape index (κ1) is 18.4. The number of thiophene rings is 1. The summed E-state index contributed by atoms with van der Waals surface area (Å²) in [5.74, 6) is -0.518. The van der Waals surface area contributed by atoms with Gasteiger partial charge in [-0.1, -0.05) is 11.6 Å². The maximum Gasteiger partial charge on any atom is 0.418 e. The summed E-state index contributed by atoms with van der Waals surface area (Å²) in [4.78, 5) is 20.6. The number of ether oxygens (including phenoxy) is 1. The summed E-state index contributed by atoms with van der Waals surface area (Å²) in [6, 6.07) is 3.36. The Morgan fingerprint density at radius 3 is 2.81 bits per heavy atom. The first-order chi connectivity index (χ1) is 12.3. The third kappa shape index (κ3) is 3.58. The molecule has 1 N–H and O–H groups in total. The second kappa shape index (κ2) is 7.08. The van der Waals surface area contributed by atoms with E-state index in [9.17, 15) is 18.0 Å². The number of hydrogen-bond donors (Lipinski definition) is 1. The Labute approximate surface area is 154 Å². The lowest BCUT2D eigenvalue weighted by Crippen LogP contribution is -2.10. The largest absolute Gasteiger partial charge is 0.462 e. The smallest absolute Gasteiger partial charge is 0.418 e. The molecule has 0 saturated heterocycles. The highest BCUT2D eigenvalue weighted by atomic mass is 35.5. The van der Waals surface area contributed by atoms with E-state index in [1.807, 2.05) is 0 Å². The zero-order chi connectivity index (χ0) is 18.9. The molecule has 1 aromatic carbocycles. The molecule has 26 heavy (non-hydrogen) atoms. The molecule has 5 nitrogen and oxygen atoms in total. The molecular formula is C16H11ClF3N3O2S. The maximum atomic E-state index is 13.3. The van der Waals surface area contributed by atoms with Crippen molar-refractivity contribution < 1.29 is 22.7 Å². The number of hydrogen-bond acceptors (Lipinski definition) is 6. The average Bonchev–Trinajstić information content (AvgIpc) is 3.01. The Morgan fingerprint density at radius 2 is 2.12 bits per heavy atom. The fraction of sp³-hybridized carbons (Fsp3) is 0.188. The summed E-state index contributed by atoms with van der Waals surface area (Å²) in [5.41, 5.74) is -0.981. The highest BCUT2D eigenvalue weighted by Crippen LogP contribution is 2.39. The first-order valence-corrected chi connectivity index (χ1v) is 8.60. The number of benzene rings is 1. The molecule has 0 amide bonds. The molecule has 0 aliphatic heterocycles. The van der Waals surface area contributed by atoms with Crippen LogP contribution in [0.5, 0.6) is 0 Å². The number of rotatable bonds is 4. The predicted molar refractivity (Wildman–Crippen MR) is 93.1 cm³/mol. The third-order valence-corrected chi connectivity index (χ3v) is 4.53. The Bertz CT molecular complexity index is 975. The summed E-state index contributed by atoms with van der Waals surface area (Å²) in [5, 5.41) is 4.44. The van der Waals surface area contributed by atoms with Crippen molar-refractivity contribution >= 4 is 50.6 Å². The molecule has 0 radical (unpaired) electrons. The number of nitrogens with zero attached hydrogens (tertiary/aromatic N) is 2. The number of alkyl halides is 3. The van der Waals surface area contributed by atoms with E-state index in [1.54, 1.807) is 6.92 Å². The van der Waals surface area contributed by atoms with Crippen molar-refractivity contribution in [2.75, 3.05) is 11.9 Å². The van der Waals surface area contributed by atoms with E-state index in [4.69, 9.17) is 16.3 Å². The van der Waals surface area contributed by atoms with E-state index in [-0.39, 0.29) is 28.7 Å². The van der Waals surface area contributed by atoms with Gasteiger partial charge in [-0.05, 0) is 25.1 Å². The van der Waals surface area contributed by atoms with Crippen LogP contribution in [-0.2, 0) is 10.9 Å². The van der Waals surface area contributed by atoms with Crippen molar-refractivity contribution in [1.82, 2.24) is 9.97 Å². The zero-order valence-corrected chi connectivity index (χ0v) is 14.8. The molecule has 0 atom stereocenters. The molecule has 136 valence electrons. The van der Waals surface area contributed by atoms with Crippen molar-refractivity contribution in [2.45, 2.75) is 13.1 Å². The minimum absolute atomic E-state index is 0.0431. The number of esters is 1. The van der Waals surface area contributed by atoms with Gasteiger partial charge in [-0.3, -0.25) is 0 Å². The van der Waals surface area contributed by atoms with Crippen LogP contribution in [0, 0.1) is 0 Å². The number of anilines is 2. The molecule has 0 saturated carbocycles. The Kier molecular flexibility index (Phi) is 5.01. The number of halogens is 4. The van der Waals surface area contributed by atoms with Gasteiger partial charge in [0.05, 0.1) is 28.8 Å². The summed E-state index contributed by atoms with van der Waals surface area (Å²) < 4.78 is 44.8. The second-order valence-electron chi connectivity index (χ2n) is 5.08. The van der Waals surface area contributed by atoms with Crippen molar-refractivity contribution in [3.63, 3.8) is 0 Å². The fourth-order valence-corrected chi connectivity index (χ4v) is 3.36. The van der Waals surface area contributed by atoms with Crippen LogP contribution >= 0.6 is 22.9 Å². The molecule has 2 aromatic heterocycles. The molecule has 0 fully saturated rings. The summed E-state index contributed by atoms with van der Waals surface area (Å²) in [6.07, 6.45) is -3.41. The second-order valence-corrected chi connectivity index (χ2v) is 6.38. The molecule has 0 aliphatic rings. The molecule has 3 rings (SSSR count). The van der Waals surface area contributed by atoms with Crippen LogP contribution in [0.15, 0.2) is 29.9 Å². The van der Waals surface area contributed by atoms with Gasteiger partial charge < -0.3 is 10.1 Å². The van der Waals surface area contributed by atoms with Crippen LogP contribution in [0.2, 0.25) is 5.02 Å². The first-order valence-electron chi connectivity index (χ1n) is 7.34. The molecule has 3 aromatic rings. The monoisotopic (exact) mass is 401 g/mol. The van der Waals surface area contributed by atoms with Gasteiger partial charge in [0, 0.05) is 10.4 Å². The quantitative estimate of drug-likeness (QED) is 0.602. The summed E-state index contributed by atoms with van der Waals surface area (Å²) in [6.45, 7) is 1.83. The minimum Gasteiger partial charge on any atom is -0.462 e. The predicted octanol–water partition coefficient (Wildman–Crippen LogP) is 5.28. The van der Waals surface area contributed by atoms with E-state index >= 15 is 0 Å². The molecule has 0 spiro atoms. The number of nitrogens with one attached hydrogen (secondary N) is 1. The highest BCUT2D eigenvalue weighted by Gasteiger charge is 2.34. The Morgan fingerprint density at radius 1 is 1.35 bits per heavy atom. The van der Waals surface area contributed by atoms with Crippen LogP contribution in [0.4, 0.5) is 24.7 Å². The van der Waals surface area contributed by atoms with Gasteiger partial charge in [-0.2, -0.15) is 13.2 Å². The number of fused-ring (bicyclic) bond motifs is 1. The number of aromatic nitrogens is 2. The molecule has 10 heteroatoms. The normalized spacial score (nSPS) is 11.6. The Hall–Kier alpha value is -2.39. The lowest BCUT2D eigenvalue weighted by molar-refractivity contribution is -0.136. The number of carbonyl (C=O) groups excluding carboxylic acids is 1. The molecular weight excluding hydrogens is 391 g/mol. The van der Waals surface area contributed by atoms with Crippen molar-refractivity contribution in [3.05, 3.63) is 46.1 Å². The van der Waals surface area contributed by atoms with Crippen LogP contribution in [-0.4, -0.2) is 22.5 Å². The maximum absolute atomic E-state index is 13.3. The molecule has 0 aliphatic carbocycles. The number of carbonyl (C=O) groups is 1. The van der Waals surface area contributed by atoms with E-state index in [1.165, 1.54) is 35.2 Å². The van der Waals surface area contributed by atoms with Crippen molar-refractivity contribution in [2.24, 2.45) is 0 Å². The van der Waals surface area contributed by atoms with Crippen LogP contribution < -0.4 is 5.32 Å². The van der Waals surface area contributed by atoms with Crippen molar-refractivity contribution in [1.29, 1.82) is 0 Å². The zero-order valence-electron chi connectivity index (χ0n) is 13.2. The van der Waals surface area contributed by atoms with Crippen molar-refractivity contribution in [3.8, 4) is 0 Å². The summed E-state index contributed by atoms with van der Waals surface area (Å²) >= 11 is 6.86.